The van der Waals surface area contributed by atoms with Crippen molar-refractivity contribution >= 4 is 18.4 Å². The second kappa shape index (κ2) is 16.4. The van der Waals surface area contributed by atoms with Crippen molar-refractivity contribution in [2.45, 2.75) is 155 Å². The molecule has 4 aromatic rings. The summed E-state index contributed by atoms with van der Waals surface area (Å²) in [5, 5.41) is 0. The lowest BCUT2D eigenvalue weighted by molar-refractivity contribution is 0.342. The Morgan fingerprint density at radius 1 is 0.509 bits per heavy atom. The van der Waals surface area contributed by atoms with Crippen molar-refractivity contribution in [2.24, 2.45) is 10.8 Å². The molecule has 0 amide bonds. The molecule has 0 unspecified atom stereocenters. The lowest BCUT2D eigenvalue weighted by Gasteiger charge is -2.42. The van der Waals surface area contributed by atoms with Crippen molar-refractivity contribution in [3.8, 4) is 22.3 Å². The van der Waals surface area contributed by atoms with Gasteiger partial charge in [0.1, 0.15) is 5.84 Å². The molecule has 1 aliphatic heterocycles. The molecule has 7 rings (SSSR count). The van der Waals surface area contributed by atoms with Crippen molar-refractivity contribution < 1.29 is 0 Å². The monoisotopic (exact) mass is 705 g/mol. The summed E-state index contributed by atoms with van der Waals surface area (Å²) in [6, 6.07) is 32.9. The lowest BCUT2D eigenvalue weighted by Crippen LogP contribution is -2.50. The number of benzene rings is 4. The molecule has 1 atom stereocenters. The molecule has 0 aromatic heterocycles. The van der Waals surface area contributed by atoms with Crippen LogP contribution in [0.15, 0.2) is 89.8 Å². The molecule has 1 heterocycles. The van der Waals surface area contributed by atoms with Gasteiger partial charge in [0.25, 0.3) is 0 Å². The predicted octanol–water partition coefficient (Wildman–Crippen LogP) is 14.6. The van der Waals surface area contributed by atoms with Gasteiger partial charge in [0.05, 0.1) is 5.69 Å². The number of para-hydroxylation sites is 1. The zero-order valence-electron chi connectivity index (χ0n) is 34.2. The highest BCUT2D eigenvalue weighted by atomic mass is 15.3. The highest BCUT2D eigenvalue weighted by Gasteiger charge is 2.50. The Kier molecular flexibility index (Phi) is 11.7. The summed E-state index contributed by atoms with van der Waals surface area (Å²) in [6.45, 7) is 19.4. The zero-order valence-corrected chi connectivity index (χ0v) is 34.2. The van der Waals surface area contributed by atoms with Crippen LogP contribution in [-0.2, 0) is 0 Å². The summed E-state index contributed by atoms with van der Waals surface area (Å²) in [6.07, 6.45) is 13.3. The van der Waals surface area contributed by atoms with Gasteiger partial charge in [-0.1, -0.05) is 192 Å². The fourth-order valence-corrected chi connectivity index (χ4v) is 10.4. The van der Waals surface area contributed by atoms with E-state index in [0.29, 0.717) is 48.2 Å². The second-order valence-corrected chi connectivity index (χ2v) is 17.9. The molecule has 0 saturated heterocycles. The van der Waals surface area contributed by atoms with Gasteiger partial charge in [-0.2, -0.15) is 0 Å². The fraction of sp³-hybridized carbons (Fsp3) is 0.500. The van der Waals surface area contributed by atoms with Crippen molar-refractivity contribution in [2.75, 3.05) is 4.90 Å². The summed E-state index contributed by atoms with van der Waals surface area (Å²) in [5.74, 6) is 4.41. The van der Waals surface area contributed by atoms with Crippen LogP contribution in [0.1, 0.15) is 171 Å². The van der Waals surface area contributed by atoms with Crippen LogP contribution in [0.2, 0.25) is 5.82 Å². The van der Waals surface area contributed by atoms with E-state index in [1.54, 1.807) is 0 Å². The van der Waals surface area contributed by atoms with Gasteiger partial charge in [-0.15, -0.1) is 0 Å². The van der Waals surface area contributed by atoms with Crippen molar-refractivity contribution in [3.63, 3.8) is 0 Å². The summed E-state index contributed by atoms with van der Waals surface area (Å²) < 4.78 is 0. The normalized spacial score (nSPS) is 18.9. The summed E-state index contributed by atoms with van der Waals surface area (Å²) >= 11 is 0. The number of nitrogens with zero attached hydrogens (tertiary/aromatic N) is 2. The van der Waals surface area contributed by atoms with Gasteiger partial charge in [0.15, 0.2) is 0 Å². The number of rotatable bonds is 10. The van der Waals surface area contributed by atoms with Crippen LogP contribution in [0.4, 0.5) is 5.69 Å². The van der Waals surface area contributed by atoms with Crippen LogP contribution in [0, 0.1) is 5.92 Å². The summed E-state index contributed by atoms with van der Waals surface area (Å²) in [5.41, 5.74) is 14.1. The predicted molar refractivity (Wildman–Crippen MR) is 232 cm³/mol. The van der Waals surface area contributed by atoms with Crippen molar-refractivity contribution in [1.82, 2.24) is 0 Å². The Morgan fingerprint density at radius 3 is 1.40 bits per heavy atom. The Bertz CT molecular complexity index is 1740. The van der Waals surface area contributed by atoms with E-state index in [4.69, 9.17) is 4.90 Å². The highest BCUT2D eigenvalue weighted by molar-refractivity contribution is 6.66. The molecule has 3 aliphatic rings. The van der Waals surface area contributed by atoms with Gasteiger partial charge in [-0.25, -0.2) is 0 Å². The first-order chi connectivity index (χ1) is 25.7. The van der Waals surface area contributed by atoms with E-state index in [2.05, 4.69) is 145 Å². The van der Waals surface area contributed by atoms with Crippen LogP contribution in [0.3, 0.4) is 0 Å². The minimum Gasteiger partial charge on any atom is -0.328 e. The SMILES string of the molecule is CC(C)c1cccc(C(C)C)c1-c1cccc(-c2c(C(C)C)cccc2C(C)C)c1N1C(c2ccccc2)=NB(C2CCCCC2)[C@@H]1C1CCCCC1. The molecule has 0 radical (unpaired) electrons. The van der Waals surface area contributed by atoms with E-state index in [9.17, 15) is 0 Å². The van der Waals surface area contributed by atoms with E-state index in [1.165, 1.54) is 126 Å². The van der Waals surface area contributed by atoms with Crippen molar-refractivity contribution in [3.05, 3.63) is 113 Å². The maximum absolute atomic E-state index is 6.04. The Balaban J connectivity index is 1.62. The average molecular weight is 705 g/mol. The van der Waals surface area contributed by atoms with Gasteiger partial charge in [-0.05, 0) is 81.6 Å². The Hall–Kier alpha value is -3.59. The lowest BCUT2D eigenvalue weighted by atomic mass is 9.41. The molecular formula is C50H65BN2. The molecule has 0 spiro atoms. The maximum Gasteiger partial charge on any atom is 0.308 e. The molecule has 4 aromatic carbocycles. The van der Waals surface area contributed by atoms with Gasteiger partial charge >= 0.3 is 6.85 Å². The fourth-order valence-electron chi connectivity index (χ4n) is 10.4. The molecule has 2 fully saturated rings. The van der Waals surface area contributed by atoms with Crippen LogP contribution >= 0.6 is 0 Å². The van der Waals surface area contributed by atoms with Crippen molar-refractivity contribution in [1.29, 1.82) is 0 Å². The molecule has 3 heteroatoms. The number of hydrogen-bond acceptors (Lipinski definition) is 2. The first-order valence-electron chi connectivity index (χ1n) is 21.5. The number of anilines is 1. The van der Waals surface area contributed by atoms with Crippen LogP contribution in [-0.4, -0.2) is 18.6 Å². The first kappa shape index (κ1) is 37.7. The summed E-state index contributed by atoms with van der Waals surface area (Å²) in [7, 11) is 0. The standard InChI is InChI=1S/C50H65BN2/c1-33(2)40-27-18-28-41(34(3)4)46(40)44-31-20-32-45(47-42(35(5)6)29-19-30-43(47)36(7)8)48(44)53-49(37-21-12-9-13-22-37)51(39-25-16-11-17-26-39)52-50(53)38-23-14-10-15-24-38/h10,14-15,18-20,23-24,27-37,39,49H,9,11-13,16-17,21-22,25-26H2,1-8H3/t49-/m0/s1. The quantitative estimate of drug-likeness (QED) is 0.150. The maximum atomic E-state index is 6.04. The van der Waals surface area contributed by atoms with Crippen LogP contribution < -0.4 is 4.90 Å². The van der Waals surface area contributed by atoms with Gasteiger partial charge < -0.3 is 9.80 Å². The zero-order chi connectivity index (χ0) is 37.2. The minimum absolute atomic E-state index is 0.310. The van der Waals surface area contributed by atoms with E-state index in [1.807, 2.05) is 0 Å². The Labute approximate surface area is 323 Å². The molecule has 278 valence electrons. The average Bonchev–Trinajstić information content (AvgIpc) is 3.58. The highest BCUT2D eigenvalue weighted by Crippen LogP contribution is 2.52. The summed E-state index contributed by atoms with van der Waals surface area (Å²) in [4.78, 5) is 8.93. The largest absolute Gasteiger partial charge is 0.328 e. The second-order valence-electron chi connectivity index (χ2n) is 17.9. The van der Waals surface area contributed by atoms with E-state index >= 15 is 0 Å². The molecule has 53 heavy (non-hydrogen) atoms. The topological polar surface area (TPSA) is 15.6 Å². The molecular weight excluding hydrogens is 639 g/mol. The van der Waals surface area contributed by atoms with Gasteiger partial charge in [-0.3, -0.25) is 0 Å². The van der Waals surface area contributed by atoms with Crippen LogP contribution in [0.5, 0.6) is 0 Å². The molecule has 0 bridgehead atoms. The number of hydrogen-bond donors (Lipinski definition) is 0. The third kappa shape index (κ3) is 7.44. The third-order valence-corrected chi connectivity index (χ3v) is 13.0. The van der Waals surface area contributed by atoms with Gasteiger partial charge in [0.2, 0.25) is 0 Å². The molecule has 2 nitrogen and oxygen atoms in total. The van der Waals surface area contributed by atoms with Gasteiger partial charge in [0, 0.05) is 22.6 Å². The van der Waals surface area contributed by atoms with E-state index < -0.39 is 0 Å². The minimum atomic E-state index is 0.310. The third-order valence-electron chi connectivity index (χ3n) is 13.0. The molecule has 2 aliphatic carbocycles. The van der Waals surface area contributed by atoms with Crippen LogP contribution in [0.25, 0.3) is 22.3 Å². The molecule has 2 saturated carbocycles. The molecule has 0 N–H and O–H groups in total. The number of amidine groups is 1. The van der Waals surface area contributed by atoms with E-state index in [0.717, 1.165) is 0 Å². The first-order valence-corrected chi connectivity index (χ1v) is 21.5. The van der Waals surface area contributed by atoms with E-state index in [-0.39, 0.29) is 0 Å². The smallest absolute Gasteiger partial charge is 0.308 e. The Morgan fingerprint density at radius 2 is 0.943 bits per heavy atom.